The normalized spacial score (nSPS) is 13.7. The van der Waals surface area contributed by atoms with Gasteiger partial charge in [0, 0.05) is 10.3 Å². The van der Waals surface area contributed by atoms with Crippen molar-refractivity contribution in [2.24, 2.45) is 0 Å². The predicted molar refractivity (Wildman–Crippen MR) is 139 cm³/mol. The van der Waals surface area contributed by atoms with Crippen LogP contribution in [0.4, 0.5) is 4.39 Å². The minimum Gasteiger partial charge on any atom is -0.452 e. The van der Waals surface area contributed by atoms with E-state index in [0.29, 0.717) is 22.9 Å². The van der Waals surface area contributed by atoms with Gasteiger partial charge in [-0.1, -0.05) is 36.4 Å². The molecule has 7 nitrogen and oxygen atoms in total. The molecule has 0 unspecified atom stereocenters. The number of ether oxygens (including phenoxy) is 1. The Kier molecular flexibility index (Phi) is 7.04. The van der Waals surface area contributed by atoms with Crippen molar-refractivity contribution in [3.05, 3.63) is 99.1 Å². The fourth-order valence-corrected chi connectivity index (χ4v) is 5.01. The second-order valence-electron chi connectivity index (χ2n) is 8.43. The van der Waals surface area contributed by atoms with Crippen molar-refractivity contribution in [1.82, 2.24) is 15.8 Å². The number of nitrogens with one attached hydrogen (secondary N) is 2. The number of carbonyl (C=O) groups is 3. The van der Waals surface area contributed by atoms with Crippen molar-refractivity contribution in [3.8, 4) is 0 Å². The number of hydrazine groups is 1. The highest BCUT2D eigenvalue weighted by Crippen LogP contribution is 2.36. The van der Waals surface area contributed by atoms with Crippen LogP contribution in [0.1, 0.15) is 49.7 Å². The number of pyridine rings is 1. The summed E-state index contributed by atoms with van der Waals surface area (Å²) in [5, 5.41) is 2.66. The minimum absolute atomic E-state index is 0.221. The van der Waals surface area contributed by atoms with E-state index in [1.54, 1.807) is 11.3 Å². The molecule has 37 heavy (non-hydrogen) atoms. The molecule has 2 heterocycles. The second-order valence-corrected chi connectivity index (χ2v) is 9.41. The van der Waals surface area contributed by atoms with Crippen LogP contribution in [0.15, 0.2) is 66.0 Å². The number of para-hydroxylation sites is 1. The van der Waals surface area contributed by atoms with E-state index in [4.69, 9.17) is 9.72 Å². The molecule has 2 amide bonds. The smallest absolute Gasteiger partial charge is 0.339 e. The summed E-state index contributed by atoms with van der Waals surface area (Å²) in [6, 6.07) is 16.7. The molecule has 9 heteroatoms. The number of hydrogen-bond acceptors (Lipinski definition) is 6. The predicted octanol–water partition coefficient (Wildman–Crippen LogP) is 4.93. The highest BCUT2D eigenvalue weighted by atomic mass is 32.1. The second kappa shape index (κ2) is 10.7. The largest absolute Gasteiger partial charge is 0.452 e. The van der Waals surface area contributed by atoms with Crippen LogP contribution in [0.3, 0.4) is 0 Å². The zero-order chi connectivity index (χ0) is 25.8. The fraction of sp³-hybridized carbons (Fsp3) is 0.143. The Morgan fingerprint density at radius 1 is 1.00 bits per heavy atom. The lowest BCUT2D eigenvalue weighted by molar-refractivity contribution is -0.125. The molecule has 0 saturated heterocycles. The summed E-state index contributed by atoms with van der Waals surface area (Å²) in [7, 11) is 0. The van der Waals surface area contributed by atoms with Gasteiger partial charge in [-0.3, -0.25) is 20.4 Å². The molecule has 4 aromatic rings. The summed E-state index contributed by atoms with van der Waals surface area (Å²) in [5.41, 5.74) is 7.72. The summed E-state index contributed by atoms with van der Waals surface area (Å²) in [4.78, 5) is 43.6. The minimum atomic E-state index is -0.822. The van der Waals surface area contributed by atoms with Crippen LogP contribution < -0.4 is 10.9 Å². The SMILES string of the molecule is O=C(COC(=O)c1c2c(nc3ccccc13)/C(=C/c1cccs1)CCC2)NNC(=O)c1ccccc1F. The van der Waals surface area contributed by atoms with Gasteiger partial charge in [0.25, 0.3) is 11.8 Å². The standard InChI is InChI=1S/C28H22FN3O4S/c29-22-12-3-1-9-19(22)27(34)32-31-24(33)16-36-28(35)25-20-10-2-4-13-23(20)30-26-17(7-5-11-21(25)26)15-18-8-6-14-37-18/h1-4,6,8-10,12-15H,5,7,11,16H2,(H,31,33)(H,32,34)/b17-15+. The third kappa shape index (κ3) is 5.26. The number of rotatable bonds is 5. The van der Waals surface area contributed by atoms with Gasteiger partial charge in [0.2, 0.25) is 0 Å². The van der Waals surface area contributed by atoms with E-state index in [0.717, 1.165) is 40.6 Å². The lowest BCUT2D eigenvalue weighted by atomic mass is 9.86. The third-order valence-corrected chi connectivity index (χ3v) is 6.82. The number of allylic oxidation sites excluding steroid dienone is 1. The van der Waals surface area contributed by atoms with Crippen molar-refractivity contribution in [2.75, 3.05) is 6.61 Å². The maximum atomic E-state index is 13.8. The topological polar surface area (TPSA) is 97.4 Å². The number of esters is 1. The van der Waals surface area contributed by atoms with Crippen molar-refractivity contribution in [2.45, 2.75) is 19.3 Å². The van der Waals surface area contributed by atoms with Gasteiger partial charge in [-0.2, -0.15) is 0 Å². The Labute approximate surface area is 216 Å². The van der Waals surface area contributed by atoms with Crippen molar-refractivity contribution in [1.29, 1.82) is 0 Å². The fourth-order valence-electron chi connectivity index (χ4n) is 4.33. The molecule has 2 N–H and O–H groups in total. The summed E-state index contributed by atoms with van der Waals surface area (Å²) < 4.78 is 19.1. The Morgan fingerprint density at radius 3 is 2.62 bits per heavy atom. The van der Waals surface area contributed by atoms with Crippen LogP contribution in [-0.2, 0) is 16.0 Å². The molecule has 0 bridgehead atoms. The van der Waals surface area contributed by atoms with E-state index < -0.39 is 30.2 Å². The van der Waals surface area contributed by atoms with Crippen LogP contribution >= 0.6 is 11.3 Å². The maximum absolute atomic E-state index is 13.8. The van der Waals surface area contributed by atoms with Gasteiger partial charge in [0.1, 0.15) is 5.82 Å². The number of benzene rings is 2. The van der Waals surface area contributed by atoms with Crippen molar-refractivity contribution in [3.63, 3.8) is 0 Å². The van der Waals surface area contributed by atoms with Crippen molar-refractivity contribution < 1.29 is 23.5 Å². The number of amides is 2. The van der Waals surface area contributed by atoms with Crippen molar-refractivity contribution >= 4 is 51.7 Å². The Balaban J connectivity index is 1.35. The van der Waals surface area contributed by atoms with Crippen LogP contribution in [0.25, 0.3) is 22.6 Å². The third-order valence-electron chi connectivity index (χ3n) is 6.00. The van der Waals surface area contributed by atoms with E-state index in [1.165, 1.54) is 18.2 Å². The molecular weight excluding hydrogens is 493 g/mol. The van der Waals surface area contributed by atoms with Gasteiger partial charge in [-0.25, -0.2) is 14.2 Å². The molecule has 0 aliphatic heterocycles. The van der Waals surface area contributed by atoms with Gasteiger partial charge in [0.15, 0.2) is 6.61 Å². The average molecular weight is 516 g/mol. The number of carbonyl (C=O) groups excluding carboxylic acids is 3. The number of thiophene rings is 1. The Hall–Kier alpha value is -4.37. The number of fused-ring (bicyclic) bond motifs is 2. The van der Waals surface area contributed by atoms with Crippen LogP contribution in [-0.4, -0.2) is 29.4 Å². The summed E-state index contributed by atoms with van der Waals surface area (Å²) in [6.07, 6.45) is 4.46. The first kappa shape index (κ1) is 24.3. The number of hydrogen-bond donors (Lipinski definition) is 2. The monoisotopic (exact) mass is 515 g/mol. The highest BCUT2D eigenvalue weighted by molar-refractivity contribution is 7.10. The van der Waals surface area contributed by atoms with Gasteiger partial charge < -0.3 is 4.74 Å². The first-order valence-electron chi connectivity index (χ1n) is 11.7. The zero-order valence-electron chi connectivity index (χ0n) is 19.6. The first-order chi connectivity index (χ1) is 18.0. The van der Waals surface area contributed by atoms with Gasteiger partial charge in [0.05, 0.1) is 22.3 Å². The molecule has 0 radical (unpaired) electrons. The Morgan fingerprint density at radius 2 is 1.81 bits per heavy atom. The highest BCUT2D eigenvalue weighted by Gasteiger charge is 2.26. The van der Waals surface area contributed by atoms with Gasteiger partial charge >= 0.3 is 5.97 Å². The molecule has 1 aliphatic rings. The summed E-state index contributed by atoms with van der Waals surface area (Å²) in [5.74, 6) is -2.95. The molecule has 5 rings (SSSR count). The quantitative estimate of drug-likeness (QED) is 0.290. The van der Waals surface area contributed by atoms with E-state index in [9.17, 15) is 18.8 Å². The molecule has 0 spiro atoms. The van der Waals surface area contributed by atoms with E-state index in [1.807, 2.05) is 41.8 Å². The molecule has 0 saturated carbocycles. The number of halogens is 1. The van der Waals surface area contributed by atoms with Gasteiger partial charge in [-0.05, 0) is 66.1 Å². The van der Waals surface area contributed by atoms with E-state index in [2.05, 4.69) is 16.9 Å². The molecular formula is C28H22FN3O4S. The average Bonchev–Trinajstić information content (AvgIpc) is 3.43. The molecule has 186 valence electrons. The maximum Gasteiger partial charge on any atom is 0.339 e. The number of aromatic nitrogens is 1. The molecule has 1 aliphatic carbocycles. The Bertz CT molecular complexity index is 1530. The lowest BCUT2D eigenvalue weighted by Crippen LogP contribution is -2.43. The van der Waals surface area contributed by atoms with E-state index >= 15 is 0 Å². The van der Waals surface area contributed by atoms with Crippen LogP contribution in [0.2, 0.25) is 0 Å². The van der Waals surface area contributed by atoms with Crippen LogP contribution in [0, 0.1) is 5.82 Å². The number of nitrogens with zero attached hydrogens (tertiary/aromatic N) is 1. The molecule has 0 atom stereocenters. The summed E-state index contributed by atoms with van der Waals surface area (Å²) >= 11 is 1.63. The van der Waals surface area contributed by atoms with E-state index in [-0.39, 0.29) is 5.56 Å². The zero-order valence-corrected chi connectivity index (χ0v) is 20.4. The first-order valence-corrected chi connectivity index (χ1v) is 12.6. The molecule has 0 fully saturated rings. The molecule has 2 aromatic heterocycles. The molecule has 2 aromatic carbocycles. The lowest BCUT2D eigenvalue weighted by Gasteiger charge is -2.22. The van der Waals surface area contributed by atoms with Crippen LogP contribution in [0.5, 0.6) is 0 Å². The summed E-state index contributed by atoms with van der Waals surface area (Å²) in [6.45, 7) is -0.625. The van der Waals surface area contributed by atoms with Gasteiger partial charge in [-0.15, -0.1) is 11.3 Å².